The summed E-state index contributed by atoms with van der Waals surface area (Å²) < 4.78 is 5.54. The normalized spacial score (nSPS) is 23.4. The number of fused-ring (bicyclic) bond motifs is 1. The predicted octanol–water partition coefficient (Wildman–Crippen LogP) is -0.212. The van der Waals surface area contributed by atoms with Gasteiger partial charge in [-0.25, -0.2) is 0 Å². The van der Waals surface area contributed by atoms with E-state index in [9.17, 15) is 9.59 Å². The topological polar surface area (TPSA) is 53.1 Å². The largest absolute Gasteiger partial charge is 0.378 e. The fourth-order valence-electron chi connectivity index (χ4n) is 2.76. The maximum absolute atomic E-state index is 12.4. The monoisotopic (exact) mass is 283 g/mol. The van der Waals surface area contributed by atoms with Gasteiger partial charge in [-0.15, -0.1) is 0 Å². The number of likely N-dealkylation sites (N-methyl/N-ethyl adjacent to an activating group) is 1. The molecule has 0 spiro atoms. The van der Waals surface area contributed by atoms with Gasteiger partial charge < -0.3 is 19.4 Å². The molecule has 0 aromatic heterocycles. The molecule has 2 rings (SSSR count). The second-order valence-corrected chi connectivity index (χ2v) is 5.74. The van der Waals surface area contributed by atoms with Crippen LogP contribution in [0.25, 0.3) is 0 Å². The average molecular weight is 283 g/mol. The fraction of sp³-hybridized carbons (Fsp3) is 0.857. The van der Waals surface area contributed by atoms with Crippen molar-refractivity contribution in [3.05, 3.63) is 0 Å². The van der Waals surface area contributed by atoms with Crippen LogP contribution in [0, 0.1) is 0 Å². The van der Waals surface area contributed by atoms with Crippen LogP contribution in [-0.2, 0) is 14.3 Å². The van der Waals surface area contributed by atoms with Gasteiger partial charge in [-0.3, -0.25) is 9.59 Å². The highest BCUT2D eigenvalue weighted by Gasteiger charge is 2.38. The van der Waals surface area contributed by atoms with Gasteiger partial charge in [0.15, 0.2) is 0 Å². The fourth-order valence-corrected chi connectivity index (χ4v) is 2.76. The van der Waals surface area contributed by atoms with Gasteiger partial charge in [0, 0.05) is 32.6 Å². The third-order valence-corrected chi connectivity index (χ3v) is 3.95. The first-order chi connectivity index (χ1) is 9.59. The maximum atomic E-state index is 12.4. The van der Waals surface area contributed by atoms with Gasteiger partial charge in [0.05, 0.1) is 13.2 Å². The van der Waals surface area contributed by atoms with E-state index in [1.807, 2.05) is 14.1 Å². The predicted molar refractivity (Wildman–Crippen MR) is 75.3 cm³/mol. The zero-order valence-electron chi connectivity index (χ0n) is 12.5. The molecule has 0 bridgehead atoms. The molecule has 1 unspecified atom stereocenters. The molecule has 1 atom stereocenters. The molecule has 0 aliphatic carbocycles. The number of carbonyl (C=O) groups is 2. The Morgan fingerprint density at radius 2 is 2.05 bits per heavy atom. The van der Waals surface area contributed by atoms with E-state index in [-0.39, 0.29) is 17.9 Å². The van der Waals surface area contributed by atoms with Crippen LogP contribution in [0.5, 0.6) is 0 Å². The van der Waals surface area contributed by atoms with Gasteiger partial charge in [-0.1, -0.05) is 0 Å². The van der Waals surface area contributed by atoms with Crippen LogP contribution in [0.15, 0.2) is 0 Å². The lowest BCUT2D eigenvalue weighted by Gasteiger charge is -2.25. The van der Waals surface area contributed by atoms with E-state index in [0.717, 1.165) is 25.9 Å². The van der Waals surface area contributed by atoms with Crippen molar-refractivity contribution in [3.63, 3.8) is 0 Å². The first kappa shape index (κ1) is 15.3. The van der Waals surface area contributed by atoms with Crippen LogP contribution in [0.3, 0.4) is 0 Å². The summed E-state index contributed by atoms with van der Waals surface area (Å²) in [4.78, 5) is 30.0. The zero-order valence-corrected chi connectivity index (χ0v) is 12.5. The molecule has 114 valence electrons. The molecule has 20 heavy (non-hydrogen) atoms. The van der Waals surface area contributed by atoms with E-state index in [2.05, 4.69) is 4.90 Å². The Labute approximate surface area is 120 Å². The van der Waals surface area contributed by atoms with Crippen molar-refractivity contribution in [2.24, 2.45) is 0 Å². The molecule has 6 nitrogen and oxygen atoms in total. The molecular formula is C14H25N3O3. The summed E-state index contributed by atoms with van der Waals surface area (Å²) >= 11 is 0. The van der Waals surface area contributed by atoms with E-state index in [4.69, 9.17) is 4.74 Å². The van der Waals surface area contributed by atoms with Crippen LogP contribution in [-0.4, -0.2) is 86.0 Å². The van der Waals surface area contributed by atoms with Crippen molar-refractivity contribution >= 4 is 11.8 Å². The Balaban J connectivity index is 1.79. The molecule has 0 saturated carbocycles. The second-order valence-electron chi connectivity index (χ2n) is 5.74. The van der Waals surface area contributed by atoms with Gasteiger partial charge in [0.2, 0.25) is 11.8 Å². The van der Waals surface area contributed by atoms with Crippen LogP contribution < -0.4 is 0 Å². The number of carbonyl (C=O) groups excluding carboxylic acids is 2. The quantitative estimate of drug-likeness (QED) is 0.633. The number of hydrogen-bond donors (Lipinski definition) is 0. The van der Waals surface area contributed by atoms with Crippen LogP contribution in [0.1, 0.15) is 19.3 Å². The Kier molecular flexibility index (Phi) is 5.37. The second kappa shape index (κ2) is 7.04. The van der Waals surface area contributed by atoms with Gasteiger partial charge in [0.1, 0.15) is 6.04 Å². The van der Waals surface area contributed by atoms with Gasteiger partial charge in [-0.2, -0.15) is 0 Å². The van der Waals surface area contributed by atoms with Crippen molar-refractivity contribution in [3.8, 4) is 0 Å². The minimum absolute atomic E-state index is 0.101. The summed E-state index contributed by atoms with van der Waals surface area (Å²) in [5.74, 6) is 0.224. The Bertz CT molecular complexity index is 360. The highest BCUT2D eigenvalue weighted by molar-refractivity contribution is 5.90. The van der Waals surface area contributed by atoms with Crippen molar-refractivity contribution in [1.29, 1.82) is 0 Å². The first-order valence-corrected chi connectivity index (χ1v) is 7.40. The van der Waals surface area contributed by atoms with Crippen molar-refractivity contribution in [2.75, 3.05) is 53.5 Å². The van der Waals surface area contributed by atoms with E-state index in [1.54, 1.807) is 9.80 Å². The molecule has 2 aliphatic heterocycles. The molecular weight excluding hydrogens is 258 g/mol. The summed E-state index contributed by atoms with van der Waals surface area (Å²) in [7, 11) is 4.00. The Morgan fingerprint density at radius 1 is 1.25 bits per heavy atom. The van der Waals surface area contributed by atoms with E-state index in [0.29, 0.717) is 32.7 Å². The van der Waals surface area contributed by atoms with Gasteiger partial charge in [0.25, 0.3) is 0 Å². The average Bonchev–Trinajstić information content (AvgIpc) is 2.86. The lowest BCUT2D eigenvalue weighted by atomic mass is 10.2. The molecule has 2 fully saturated rings. The van der Waals surface area contributed by atoms with Crippen molar-refractivity contribution in [1.82, 2.24) is 14.7 Å². The van der Waals surface area contributed by atoms with E-state index >= 15 is 0 Å². The number of ether oxygens (including phenoxy) is 1. The molecule has 6 heteroatoms. The highest BCUT2D eigenvalue weighted by atomic mass is 16.5. The zero-order chi connectivity index (χ0) is 14.5. The van der Waals surface area contributed by atoms with Gasteiger partial charge in [-0.05, 0) is 26.9 Å². The molecule has 2 saturated heterocycles. The minimum atomic E-state index is -0.216. The molecule has 0 radical (unpaired) electrons. The maximum Gasteiger partial charge on any atom is 0.245 e. The summed E-state index contributed by atoms with van der Waals surface area (Å²) in [5, 5.41) is 0. The summed E-state index contributed by atoms with van der Waals surface area (Å²) in [6, 6.07) is -0.216. The lowest BCUT2D eigenvalue weighted by molar-refractivity contribution is -0.139. The standard InChI is InChI=1S/C14H25N3O3/c1-15(2)8-10-20-11-9-16-7-5-13(18)17-6-3-4-12(17)14(16)19/h12H,3-11H2,1-2H3. The lowest BCUT2D eigenvalue weighted by Crippen LogP contribution is -2.44. The Hall–Kier alpha value is -1.14. The van der Waals surface area contributed by atoms with Crippen LogP contribution in [0.4, 0.5) is 0 Å². The third kappa shape index (κ3) is 3.70. The SMILES string of the molecule is CN(C)CCOCCN1CCC(=O)N2CCCC2C1=O. The number of amides is 2. The Morgan fingerprint density at radius 3 is 2.80 bits per heavy atom. The third-order valence-electron chi connectivity index (χ3n) is 3.95. The smallest absolute Gasteiger partial charge is 0.245 e. The molecule has 0 aromatic rings. The number of hydrogen-bond acceptors (Lipinski definition) is 4. The van der Waals surface area contributed by atoms with E-state index in [1.165, 1.54) is 0 Å². The summed E-state index contributed by atoms with van der Waals surface area (Å²) in [5.41, 5.74) is 0. The van der Waals surface area contributed by atoms with Crippen molar-refractivity contribution < 1.29 is 14.3 Å². The number of rotatable bonds is 6. The highest BCUT2D eigenvalue weighted by Crippen LogP contribution is 2.23. The number of nitrogens with zero attached hydrogens (tertiary/aromatic N) is 3. The molecule has 2 heterocycles. The first-order valence-electron chi connectivity index (χ1n) is 7.40. The minimum Gasteiger partial charge on any atom is -0.378 e. The summed E-state index contributed by atoms with van der Waals surface area (Å²) in [6.07, 6.45) is 2.19. The molecule has 2 aliphatic rings. The summed E-state index contributed by atoms with van der Waals surface area (Å²) in [6.45, 7) is 3.95. The van der Waals surface area contributed by atoms with Crippen LogP contribution >= 0.6 is 0 Å². The van der Waals surface area contributed by atoms with Crippen LogP contribution in [0.2, 0.25) is 0 Å². The molecule has 2 amide bonds. The molecule has 0 N–H and O–H groups in total. The van der Waals surface area contributed by atoms with Gasteiger partial charge >= 0.3 is 0 Å². The van der Waals surface area contributed by atoms with Crippen molar-refractivity contribution in [2.45, 2.75) is 25.3 Å². The van der Waals surface area contributed by atoms with E-state index < -0.39 is 0 Å². The molecule has 0 aromatic carbocycles.